The Morgan fingerprint density at radius 1 is 1.04 bits per heavy atom. The van der Waals surface area contributed by atoms with E-state index in [9.17, 15) is 19.2 Å². The highest BCUT2D eigenvalue weighted by atomic mass is 16.4. The zero-order chi connectivity index (χ0) is 19.8. The molecule has 0 saturated carbocycles. The number of imide groups is 1. The number of amides is 2. The number of hydrogen-bond donors (Lipinski definition) is 1. The Balaban J connectivity index is 1.74. The molecule has 1 N–H and O–H groups in total. The summed E-state index contributed by atoms with van der Waals surface area (Å²) < 4.78 is 5.28. The smallest absolute Gasteiger partial charge is 0.349 e. The van der Waals surface area contributed by atoms with Gasteiger partial charge in [0.1, 0.15) is 11.1 Å². The second-order valence-electron chi connectivity index (χ2n) is 6.40. The number of carbonyl (C=O) groups excluding carboxylic acids is 3. The van der Waals surface area contributed by atoms with Gasteiger partial charge in [-0.3, -0.25) is 19.3 Å². The van der Waals surface area contributed by atoms with E-state index in [1.807, 2.05) is 6.92 Å². The Labute approximate surface area is 159 Å². The van der Waals surface area contributed by atoms with E-state index in [2.05, 4.69) is 5.32 Å². The van der Waals surface area contributed by atoms with E-state index < -0.39 is 5.63 Å². The fraction of sp³-hybridized carbons (Fsp3) is 0.143. The number of aldehydes is 1. The van der Waals surface area contributed by atoms with Gasteiger partial charge in [-0.25, -0.2) is 4.79 Å². The van der Waals surface area contributed by atoms with E-state index >= 15 is 0 Å². The Morgan fingerprint density at radius 3 is 2.32 bits per heavy atom. The third kappa shape index (κ3) is 2.68. The molecule has 2 heterocycles. The molecular formula is C21H16N2O5. The minimum absolute atomic E-state index is 0.0535. The second-order valence-corrected chi connectivity index (χ2v) is 6.40. The van der Waals surface area contributed by atoms with Crippen molar-refractivity contribution in [3.05, 3.63) is 75.1 Å². The third-order valence-corrected chi connectivity index (χ3v) is 4.70. The summed E-state index contributed by atoms with van der Waals surface area (Å²) in [6, 6.07) is 11.7. The molecular weight excluding hydrogens is 360 g/mol. The molecule has 0 fully saturated rings. The lowest BCUT2D eigenvalue weighted by molar-refractivity contribution is 0.0642. The molecule has 7 heteroatoms. The first-order chi connectivity index (χ1) is 13.5. The van der Waals surface area contributed by atoms with E-state index in [4.69, 9.17) is 4.42 Å². The number of carbonyl (C=O) groups is 3. The molecule has 28 heavy (non-hydrogen) atoms. The van der Waals surface area contributed by atoms with Crippen molar-refractivity contribution < 1.29 is 18.8 Å². The first-order valence-electron chi connectivity index (χ1n) is 8.79. The van der Waals surface area contributed by atoms with Crippen molar-refractivity contribution in [3.63, 3.8) is 0 Å². The van der Waals surface area contributed by atoms with Crippen molar-refractivity contribution in [2.45, 2.75) is 13.5 Å². The summed E-state index contributed by atoms with van der Waals surface area (Å²) in [5, 5.41) is 3.60. The topological polar surface area (TPSA) is 96.7 Å². The van der Waals surface area contributed by atoms with Gasteiger partial charge in [-0.2, -0.15) is 0 Å². The van der Waals surface area contributed by atoms with E-state index in [-0.39, 0.29) is 29.5 Å². The maximum Gasteiger partial charge on any atom is 0.349 e. The van der Waals surface area contributed by atoms with Gasteiger partial charge in [0.15, 0.2) is 6.29 Å². The van der Waals surface area contributed by atoms with E-state index in [0.717, 1.165) is 4.90 Å². The molecule has 140 valence electrons. The minimum atomic E-state index is -0.740. The first kappa shape index (κ1) is 17.7. The highest BCUT2D eigenvalue weighted by molar-refractivity contribution is 6.21. The second kappa shape index (κ2) is 6.77. The standard InChI is InChI=1S/C21H16N2O5/c1-2-22-18-15-8-7-12(9-17(15)28-21(27)16(18)11-24)10-23-19(25)13-5-3-4-6-14(13)20(23)26/h3-9,11,22H,2,10H2,1H3. The Bertz CT molecular complexity index is 1160. The summed E-state index contributed by atoms with van der Waals surface area (Å²) in [7, 11) is 0. The molecule has 7 nitrogen and oxygen atoms in total. The van der Waals surface area contributed by atoms with E-state index in [0.29, 0.717) is 40.6 Å². The van der Waals surface area contributed by atoms with Crippen molar-refractivity contribution in [2.24, 2.45) is 0 Å². The summed E-state index contributed by atoms with van der Waals surface area (Å²) in [6.07, 6.45) is 0.468. The Kier molecular flexibility index (Phi) is 4.27. The van der Waals surface area contributed by atoms with Gasteiger partial charge >= 0.3 is 5.63 Å². The third-order valence-electron chi connectivity index (χ3n) is 4.70. The molecule has 1 aromatic heterocycles. The first-order valence-corrected chi connectivity index (χ1v) is 8.79. The van der Waals surface area contributed by atoms with Crippen molar-refractivity contribution in [1.82, 2.24) is 4.90 Å². The largest absolute Gasteiger partial charge is 0.422 e. The van der Waals surface area contributed by atoms with Gasteiger partial charge in [0.25, 0.3) is 11.8 Å². The van der Waals surface area contributed by atoms with E-state index in [1.54, 1.807) is 42.5 Å². The molecule has 0 unspecified atom stereocenters. The van der Waals surface area contributed by atoms with Crippen molar-refractivity contribution in [3.8, 4) is 0 Å². The lowest BCUT2D eigenvalue weighted by Gasteiger charge is -2.15. The van der Waals surface area contributed by atoms with Gasteiger partial charge in [0.05, 0.1) is 23.4 Å². The molecule has 2 aromatic carbocycles. The number of benzene rings is 2. The van der Waals surface area contributed by atoms with Crippen LogP contribution in [-0.4, -0.2) is 29.5 Å². The summed E-state index contributed by atoms with van der Waals surface area (Å²) in [5.41, 5.74) is 1.27. The Morgan fingerprint density at radius 2 is 1.71 bits per heavy atom. The fourth-order valence-corrected chi connectivity index (χ4v) is 3.40. The van der Waals surface area contributed by atoms with Gasteiger partial charge in [-0.15, -0.1) is 0 Å². The van der Waals surface area contributed by atoms with Crippen LogP contribution in [0.3, 0.4) is 0 Å². The van der Waals surface area contributed by atoms with Crippen LogP contribution in [0, 0.1) is 0 Å². The predicted molar refractivity (Wildman–Crippen MR) is 103 cm³/mol. The lowest BCUT2D eigenvalue weighted by atomic mass is 10.1. The monoisotopic (exact) mass is 376 g/mol. The van der Waals surface area contributed by atoms with Crippen LogP contribution in [0.4, 0.5) is 5.69 Å². The molecule has 0 aliphatic carbocycles. The summed E-state index contributed by atoms with van der Waals surface area (Å²) in [6.45, 7) is 2.43. The normalized spacial score (nSPS) is 13.1. The van der Waals surface area contributed by atoms with Crippen LogP contribution in [0.2, 0.25) is 0 Å². The van der Waals surface area contributed by atoms with Gasteiger partial charge < -0.3 is 9.73 Å². The summed E-state index contributed by atoms with van der Waals surface area (Å²) >= 11 is 0. The zero-order valence-electron chi connectivity index (χ0n) is 15.0. The number of hydrogen-bond acceptors (Lipinski definition) is 6. The fourth-order valence-electron chi connectivity index (χ4n) is 3.40. The summed E-state index contributed by atoms with van der Waals surface area (Å²) in [4.78, 5) is 49.6. The molecule has 1 aliphatic heterocycles. The average Bonchev–Trinajstić information content (AvgIpc) is 2.93. The van der Waals surface area contributed by atoms with E-state index in [1.165, 1.54) is 0 Å². The molecule has 3 aromatic rings. The SMILES string of the molecule is CCNc1c(C=O)c(=O)oc2cc(CN3C(=O)c4ccccc4C3=O)ccc12. The maximum atomic E-state index is 12.5. The van der Waals surface area contributed by atoms with Gasteiger partial charge in [-0.05, 0) is 36.8 Å². The number of fused-ring (bicyclic) bond motifs is 2. The zero-order valence-corrected chi connectivity index (χ0v) is 15.0. The highest BCUT2D eigenvalue weighted by Crippen LogP contribution is 2.28. The van der Waals surface area contributed by atoms with Gasteiger partial charge in [-0.1, -0.05) is 18.2 Å². The molecule has 0 spiro atoms. The molecule has 4 rings (SSSR count). The lowest BCUT2D eigenvalue weighted by Crippen LogP contribution is -2.29. The highest BCUT2D eigenvalue weighted by Gasteiger charge is 2.35. The number of rotatable bonds is 5. The van der Waals surface area contributed by atoms with Gasteiger partial charge in [0, 0.05) is 11.9 Å². The summed E-state index contributed by atoms with van der Waals surface area (Å²) in [5.74, 6) is -0.710. The molecule has 0 atom stereocenters. The molecule has 1 aliphatic rings. The van der Waals surface area contributed by atoms with Crippen LogP contribution < -0.4 is 10.9 Å². The van der Waals surface area contributed by atoms with Crippen LogP contribution in [-0.2, 0) is 6.54 Å². The number of nitrogens with one attached hydrogen (secondary N) is 1. The number of nitrogens with zero attached hydrogens (tertiary/aromatic N) is 1. The van der Waals surface area contributed by atoms with Crippen molar-refractivity contribution in [2.75, 3.05) is 11.9 Å². The number of anilines is 1. The molecule has 0 bridgehead atoms. The molecule has 0 radical (unpaired) electrons. The Hall–Kier alpha value is -3.74. The van der Waals surface area contributed by atoms with Crippen molar-refractivity contribution >= 4 is 34.8 Å². The molecule has 2 amide bonds. The van der Waals surface area contributed by atoms with Crippen LogP contribution in [0.25, 0.3) is 11.0 Å². The maximum absolute atomic E-state index is 12.5. The predicted octanol–water partition coefficient (Wildman–Crippen LogP) is 2.83. The van der Waals surface area contributed by atoms with Crippen LogP contribution >= 0.6 is 0 Å². The van der Waals surface area contributed by atoms with Crippen LogP contribution in [0.1, 0.15) is 43.6 Å². The van der Waals surface area contributed by atoms with Crippen molar-refractivity contribution in [1.29, 1.82) is 0 Å². The quantitative estimate of drug-likeness (QED) is 0.418. The van der Waals surface area contributed by atoms with Crippen LogP contribution in [0.15, 0.2) is 51.7 Å². The van der Waals surface area contributed by atoms with Gasteiger partial charge in [0.2, 0.25) is 0 Å². The average molecular weight is 376 g/mol. The van der Waals surface area contributed by atoms with Crippen LogP contribution in [0.5, 0.6) is 0 Å². The molecule has 0 saturated heterocycles. The minimum Gasteiger partial charge on any atom is -0.422 e.